The van der Waals surface area contributed by atoms with Crippen LogP contribution in [-0.4, -0.2) is 12.0 Å². The van der Waals surface area contributed by atoms with Gasteiger partial charge in [0.25, 0.3) is 5.69 Å². The summed E-state index contributed by atoms with van der Waals surface area (Å²) in [4.78, 5) is 10.3. The van der Waals surface area contributed by atoms with Gasteiger partial charge in [-0.25, -0.2) is 4.39 Å². The molecule has 0 radical (unpaired) electrons. The molecule has 0 saturated carbocycles. The predicted molar refractivity (Wildman–Crippen MR) is 78.1 cm³/mol. The molecule has 21 heavy (non-hydrogen) atoms. The number of hydrogen-bond donors (Lipinski definition) is 1. The Hall–Kier alpha value is -2.63. The van der Waals surface area contributed by atoms with E-state index in [0.29, 0.717) is 17.0 Å². The molecule has 110 valence electrons. The number of nitrogens with zero attached hydrogens (tertiary/aromatic N) is 1. The molecule has 2 rings (SSSR count). The third-order valence-corrected chi connectivity index (χ3v) is 3.11. The van der Waals surface area contributed by atoms with Gasteiger partial charge in [-0.05, 0) is 25.1 Å². The number of rotatable bonds is 5. The van der Waals surface area contributed by atoms with Crippen LogP contribution in [-0.2, 0) is 0 Å². The molecular weight excluding hydrogens is 275 g/mol. The molecule has 0 aliphatic rings. The molecule has 0 spiro atoms. The van der Waals surface area contributed by atoms with Crippen LogP contribution in [0.5, 0.6) is 5.75 Å². The quantitative estimate of drug-likeness (QED) is 0.669. The van der Waals surface area contributed by atoms with E-state index in [1.165, 1.54) is 25.3 Å². The van der Waals surface area contributed by atoms with E-state index < -0.39 is 11.0 Å². The second kappa shape index (κ2) is 6.21. The molecular formula is C15H15FN2O3. The summed E-state index contributed by atoms with van der Waals surface area (Å²) in [6.07, 6.45) is 0. The number of non-ortho nitro benzene ring substituents is 1. The molecule has 0 aliphatic carbocycles. The van der Waals surface area contributed by atoms with Crippen molar-refractivity contribution in [2.24, 2.45) is 0 Å². The van der Waals surface area contributed by atoms with Crippen LogP contribution < -0.4 is 10.1 Å². The highest BCUT2D eigenvalue weighted by molar-refractivity contribution is 5.53. The van der Waals surface area contributed by atoms with Gasteiger partial charge in [-0.3, -0.25) is 10.1 Å². The number of anilines is 1. The molecule has 1 atom stereocenters. The molecule has 1 N–H and O–H groups in total. The first-order valence-electron chi connectivity index (χ1n) is 6.36. The Labute approximate surface area is 121 Å². The van der Waals surface area contributed by atoms with Crippen molar-refractivity contribution in [1.29, 1.82) is 0 Å². The number of nitrogens with one attached hydrogen (secondary N) is 1. The monoisotopic (exact) mass is 290 g/mol. The summed E-state index contributed by atoms with van der Waals surface area (Å²) in [6, 6.07) is 10.3. The van der Waals surface area contributed by atoms with Gasteiger partial charge < -0.3 is 10.1 Å². The first-order valence-corrected chi connectivity index (χ1v) is 6.36. The molecule has 1 unspecified atom stereocenters. The summed E-state index contributed by atoms with van der Waals surface area (Å²) in [5.41, 5.74) is 0.904. The van der Waals surface area contributed by atoms with Crippen molar-refractivity contribution < 1.29 is 14.1 Å². The lowest BCUT2D eigenvalue weighted by atomic mass is 10.1. The average Bonchev–Trinajstić information content (AvgIpc) is 2.46. The predicted octanol–water partition coefficient (Wildman–Crippen LogP) is 3.92. The zero-order valence-electron chi connectivity index (χ0n) is 11.7. The molecule has 0 aliphatic heterocycles. The molecule has 0 heterocycles. The third kappa shape index (κ3) is 3.28. The van der Waals surface area contributed by atoms with Gasteiger partial charge in [0.05, 0.1) is 23.6 Å². The maximum Gasteiger partial charge on any atom is 0.271 e. The van der Waals surface area contributed by atoms with Crippen LogP contribution in [0.3, 0.4) is 0 Å². The second-order valence-electron chi connectivity index (χ2n) is 4.53. The zero-order valence-corrected chi connectivity index (χ0v) is 11.7. The van der Waals surface area contributed by atoms with Crippen molar-refractivity contribution in [2.75, 3.05) is 12.4 Å². The molecule has 0 aromatic heterocycles. The number of nitro benzene ring substituents is 1. The molecule has 0 fully saturated rings. The van der Waals surface area contributed by atoms with Crippen LogP contribution in [0.2, 0.25) is 0 Å². The number of benzene rings is 2. The van der Waals surface area contributed by atoms with Crippen LogP contribution in [0, 0.1) is 15.9 Å². The Balaban J connectivity index is 2.28. The third-order valence-electron chi connectivity index (χ3n) is 3.11. The van der Waals surface area contributed by atoms with E-state index in [9.17, 15) is 14.5 Å². The molecule has 5 nitrogen and oxygen atoms in total. The summed E-state index contributed by atoms with van der Waals surface area (Å²) < 4.78 is 19.1. The molecule has 2 aromatic rings. The van der Waals surface area contributed by atoms with Gasteiger partial charge in [-0.2, -0.15) is 0 Å². The van der Waals surface area contributed by atoms with Crippen molar-refractivity contribution >= 4 is 11.4 Å². The highest BCUT2D eigenvalue weighted by Crippen LogP contribution is 2.30. The molecule has 2 aromatic carbocycles. The van der Waals surface area contributed by atoms with Gasteiger partial charge in [0.2, 0.25) is 0 Å². The minimum atomic E-state index is -0.473. The lowest BCUT2D eigenvalue weighted by molar-refractivity contribution is -0.384. The molecule has 0 amide bonds. The number of nitro groups is 1. The van der Waals surface area contributed by atoms with E-state index >= 15 is 0 Å². The van der Waals surface area contributed by atoms with Crippen molar-refractivity contribution in [1.82, 2.24) is 0 Å². The van der Waals surface area contributed by atoms with Gasteiger partial charge >= 0.3 is 0 Å². The van der Waals surface area contributed by atoms with Crippen molar-refractivity contribution in [3.05, 3.63) is 64.0 Å². The minimum Gasteiger partial charge on any atom is -0.496 e. The largest absolute Gasteiger partial charge is 0.496 e. The van der Waals surface area contributed by atoms with E-state index in [1.807, 2.05) is 0 Å². The van der Waals surface area contributed by atoms with Gasteiger partial charge in [-0.1, -0.05) is 12.1 Å². The molecule has 6 heteroatoms. The second-order valence-corrected chi connectivity index (χ2v) is 4.53. The number of ether oxygens (including phenoxy) is 1. The lowest BCUT2D eigenvalue weighted by Gasteiger charge is -2.19. The zero-order chi connectivity index (χ0) is 15.4. The maximum atomic E-state index is 14.0. The summed E-state index contributed by atoms with van der Waals surface area (Å²) in [6.45, 7) is 1.76. The number of hydrogen-bond acceptors (Lipinski definition) is 4. The Kier molecular flexibility index (Phi) is 4.37. The highest BCUT2D eigenvalue weighted by atomic mass is 19.1. The maximum absolute atomic E-state index is 14.0. The van der Waals surface area contributed by atoms with Gasteiger partial charge in [-0.15, -0.1) is 0 Å². The average molecular weight is 290 g/mol. The lowest BCUT2D eigenvalue weighted by Crippen LogP contribution is -2.10. The van der Waals surface area contributed by atoms with Gasteiger partial charge in [0, 0.05) is 17.8 Å². The Morgan fingerprint density at radius 3 is 2.67 bits per heavy atom. The summed E-state index contributed by atoms with van der Waals surface area (Å²) in [5.74, 6) is 0.0419. The summed E-state index contributed by atoms with van der Waals surface area (Å²) >= 11 is 0. The smallest absolute Gasteiger partial charge is 0.271 e. The fourth-order valence-corrected chi connectivity index (χ4v) is 2.15. The van der Waals surface area contributed by atoms with Crippen molar-refractivity contribution in [3.8, 4) is 5.75 Å². The van der Waals surface area contributed by atoms with Crippen LogP contribution in [0.1, 0.15) is 18.5 Å². The van der Waals surface area contributed by atoms with Crippen LogP contribution >= 0.6 is 0 Å². The number of halogens is 1. The standard InChI is InChI=1S/C15H15FN2O3/c1-10(15-13(16)7-4-8-14(15)21-2)17-11-5-3-6-12(9-11)18(19)20/h3-10,17H,1-2H3. The van der Waals surface area contributed by atoms with E-state index in [0.717, 1.165) is 0 Å². The molecule has 0 bridgehead atoms. The van der Waals surface area contributed by atoms with Crippen LogP contribution in [0.25, 0.3) is 0 Å². The Bertz CT molecular complexity index is 661. The molecule has 0 saturated heterocycles. The van der Waals surface area contributed by atoms with Crippen molar-refractivity contribution in [2.45, 2.75) is 13.0 Å². The van der Waals surface area contributed by atoms with E-state index in [4.69, 9.17) is 4.74 Å². The highest BCUT2D eigenvalue weighted by Gasteiger charge is 2.17. The van der Waals surface area contributed by atoms with E-state index in [2.05, 4.69) is 5.32 Å². The van der Waals surface area contributed by atoms with Gasteiger partial charge in [0.15, 0.2) is 0 Å². The van der Waals surface area contributed by atoms with Crippen LogP contribution in [0.4, 0.5) is 15.8 Å². The minimum absolute atomic E-state index is 0.0206. The van der Waals surface area contributed by atoms with E-state index in [1.54, 1.807) is 31.2 Å². The number of methoxy groups -OCH3 is 1. The summed E-state index contributed by atoms with van der Waals surface area (Å²) in [5, 5.41) is 13.8. The van der Waals surface area contributed by atoms with Gasteiger partial charge in [0.1, 0.15) is 11.6 Å². The Morgan fingerprint density at radius 1 is 1.29 bits per heavy atom. The SMILES string of the molecule is COc1cccc(F)c1C(C)Nc1cccc([N+](=O)[O-])c1. The van der Waals surface area contributed by atoms with Crippen LogP contribution in [0.15, 0.2) is 42.5 Å². The normalized spacial score (nSPS) is 11.8. The first kappa shape index (κ1) is 14.8. The fraction of sp³-hybridized carbons (Fsp3) is 0.200. The topological polar surface area (TPSA) is 64.4 Å². The Morgan fingerprint density at radius 2 is 2.00 bits per heavy atom. The fourth-order valence-electron chi connectivity index (χ4n) is 2.15. The van der Waals surface area contributed by atoms with E-state index in [-0.39, 0.29) is 11.5 Å². The first-order chi connectivity index (χ1) is 10.0. The summed E-state index contributed by atoms with van der Waals surface area (Å²) in [7, 11) is 1.47. The van der Waals surface area contributed by atoms with Crippen molar-refractivity contribution in [3.63, 3.8) is 0 Å².